The van der Waals surface area contributed by atoms with E-state index in [1.54, 1.807) is 0 Å². The van der Waals surface area contributed by atoms with Crippen LogP contribution in [0.25, 0.3) is 0 Å². The Bertz CT molecular complexity index is 275. The van der Waals surface area contributed by atoms with Crippen molar-refractivity contribution in [1.29, 1.82) is 0 Å². The molecule has 1 N–H and O–H groups in total. The predicted octanol–water partition coefficient (Wildman–Crippen LogP) is 6.87. The van der Waals surface area contributed by atoms with Crippen LogP contribution in [0, 0.1) is 47.3 Å². The number of hydrogen-bond donors (Lipinski definition) is 1. The Kier molecular flexibility index (Phi) is 11.5. The maximum absolute atomic E-state index is 3.50. The van der Waals surface area contributed by atoms with Crippen LogP contribution in [0.5, 0.6) is 0 Å². The van der Waals surface area contributed by atoms with E-state index in [2.05, 4.69) is 60.7 Å². The van der Waals surface area contributed by atoms with Crippen molar-refractivity contribution in [3.63, 3.8) is 0 Å². The van der Waals surface area contributed by atoms with Crippen LogP contribution in [-0.4, -0.2) is 13.1 Å². The molecule has 0 spiro atoms. The molecular weight excluding hydrogens is 290 g/mol. The Morgan fingerprint density at radius 1 is 0.583 bits per heavy atom. The van der Waals surface area contributed by atoms with E-state index < -0.39 is 0 Å². The second kappa shape index (κ2) is 11.6. The van der Waals surface area contributed by atoms with E-state index in [1.165, 1.54) is 38.8 Å². The SMILES string of the molecule is C.CC(C)C1CCCC1C(C)C.CC(C)C1CCNCC1C(C)C. The first-order valence-electron chi connectivity index (χ1n) is 10.5. The summed E-state index contributed by atoms with van der Waals surface area (Å²) in [5, 5.41) is 3.50. The van der Waals surface area contributed by atoms with Gasteiger partial charge in [-0.1, -0.05) is 69.2 Å². The standard InChI is InChI=1S/C11H23N.C11H22.CH4/c1-8(2)10-5-6-12-7-11(10)9(3)4;1-8(2)10-6-5-7-11(10)9(3)4;/h8-12H,5-7H2,1-4H3;8-11H,5-7H2,1-4H3;1H4. The number of hydrogen-bond acceptors (Lipinski definition) is 1. The lowest BCUT2D eigenvalue weighted by Crippen LogP contribution is -2.41. The third-order valence-electron chi connectivity index (χ3n) is 6.63. The summed E-state index contributed by atoms with van der Waals surface area (Å²) in [6.07, 6.45) is 5.83. The molecule has 1 heterocycles. The van der Waals surface area contributed by atoms with Gasteiger partial charge in [0.15, 0.2) is 0 Å². The molecule has 4 unspecified atom stereocenters. The van der Waals surface area contributed by atoms with E-state index in [-0.39, 0.29) is 7.43 Å². The molecule has 0 aromatic heterocycles. The lowest BCUT2D eigenvalue weighted by molar-refractivity contribution is 0.150. The normalized spacial score (nSPS) is 30.5. The van der Waals surface area contributed by atoms with E-state index in [1.807, 2.05) is 0 Å². The molecule has 2 fully saturated rings. The van der Waals surface area contributed by atoms with Crippen molar-refractivity contribution in [3.8, 4) is 0 Å². The first-order valence-corrected chi connectivity index (χ1v) is 10.5. The first-order chi connectivity index (χ1) is 10.8. The van der Waals surface area contributed by atoms with Crippen LogP contribution < -0.4 is 5.32 Å². The molecule has 1 nitrogen and oxygen atoms in total. The molecule has 0 aromatic carbocycles. The average molecular weight is 340 g/mol. The van der Waals surface area contributed by atoms with Gasteiger partial charge in [0, 0.05) is 0 Å². The quantitative estimate of drug-likeness (QED) is 0.589. The van der Waals surface area contributed by atoms with Crippen molar-refractivity contribution in [2.45, 2.75) is 88.5 Å². The van der Waals surface area contributed by atoms with Crippen LogP contribution in [0.4, 0.5) is 0 Å². The van der Waals surface area contributed by atoms with Gasteiger partial charge in [0.1, 0.15) is 0 Å². The first kappa shape index (κ1) is 24.0. The molecule has 2 rings (SSSR count). The van der Waals surface area contributed by atoms with E-state index >= 15 is 0 Å². The molecule has 146 valence electrons. The van der Waals surface area contributed by atoms with Crippen LogP contribution in [-0.2, 0) is 0 Å². The van der Waals surface area contributed by atoms with Gasteiger partial charge in [0.2, 0.25) is 0 Å². The molecule has 1 aliphatic heterocycles. The van der Waals surface area contributed by atoms with Crippen molar-refractivity contribution in [1.82, 2.24) is 5.32 Å². The van der Waals surface area contributed by atoms with Crippen molar-refractivity contribution in [2.75, 3.05) is 13.1 Å². The van der Waals surface area contributed by atoms with Gasteiger partial charge < -0.3 is 5.32 Å². The van der Waals surface area contributed by atoms with E-state index in [0.717, 1.165) is 47.3 Å². The zero-order valence-electron chi connectivity index (χ0n) is 17.4. The third-order valence-corrected chi connectivity index (χ3v) is 6.63. The summed E-state index contributed by atoms with van der Waals surface area (Å²) in [4.78, 5) is 0. The lowest BCUT2D eigenvalue weighted by Gasteiger charge is -2.37. The van der Waals surface area contributed by atoms with Gasteiger partial charge in [-0.2, -0.15) is 0 Å². The molecule has 0 aromatic rings. The van der Waals surface area contributed by atoms with Crippen LogP contribution in [0.3, 0.4) is 0 Å². The van der Waals surface area contributed by atoms with Crippen LogP contribution in [0.2, 0.25) is 0 Å². The van der Waals surface area contributed by atoms with Gasteiger partial charge in [-0.3, -0.25) is 0 Å². The van der Waals surface area contributed by atoms with Crippen LogP contribution in [0.15, 0.2) is 0 Å². The monoisotopic (exact) mass is 339 g/mol. The zero-order valence-corrected chi connectivity index (χ0v) is 17.4. The van der Waals surface area contributed by atoms with Crippen LogP contribution >= 0.6 is 0 Å². The molecule has 0 amide bonds. The molecule has 1 heteroatoms. The Balaban J connectivity index is 0.000000425. The Morgan fingerprint density at radius 2 is 0.958 bits per heavy atom. The van der Waals surface area contributed by atoms with E-state index in [9.17, 15) is 0 Å². The summed E-state index contributed by atoms with van der Waals surface area (Å²) in [7, 11) is 0. The average Bonchev–Trinajstić information content (AvgIpc) is 2.97. The maximum atomic E-state index is 3.50. The molecule has 4 atom stereocenters. The fraction of sp³-hybridized carbons (Fsp3) is 1.00. The summed E-state index contributed by atoms with van der Waals surface area (Å²) < 4.78 is 0. The van der Waals surface area contributed by atoms with Crippen LogP contribution in [0.1, 0.15) is 88.5 Å². The highest BCUT2D eigenvalue weighted by Gasteiger charge is 2.31. The highest BCUT2D eigenvalue weighted by Crippen LogP contribution is 2.40. The second-order valence-electron chi connectivity index (χ2n) is 9.56. The van der Waals surface area contributed by atoms with Gasteiger partial charge >= 0.3 is 0 Å². The van der Waals surface area contributed by atoms with Gasteiger partial charge in [-0.05, 0) is 79.7 Å². The summed E-state index contributed by atoms with van der Waals surface area (Å²) in [5.41, 5.74) is 0. The van der Waals surface area contributed by atoms with Gasteiger partial charge in [0.05, 0.1) is 0 Å². The lowest BCUT2D eigenvalue weighted by atomic mass is 9.74. The van der Waals surface area contributed by atoms with Crippen molar-refractivity contribution in [2.24, 2.45) is 47.3 Å². The molecule has 0 radical (unpaired) electrons. The zero-order chi connectivity index (χ0) is 17.6. The Hall–Kier alpha value is -0.0400. The largest absolute Gasteiger partial charge is 0.316 e. The Morgan fingerprint density at radius 3 is 1.29 bits per heavy atom. The highest BCUT2D eigenvalue weighted by atomic mass is 14.9. The minimum atomic E-state index is 0. The summed E-state index contributed by atoms with van der Waals surface area (Å²) in [6.45, 7) is 21.4. The van der Waals surface area contributed by atoms with Gasteiger partial charge in [-0.25, -0.2) is 0 Å². The molecule has 1 saturated carbocycles. The van der Waals surface area contributed by atoms with Gasteiger partial charge in [-0.15, -0.1) is 0 Å². The Labute approximate surface area is 154 Å². The number of nitrogens with one attached hydrogen (secondary N) is 1. The second-order valence-corrected chi connectivity index (χ2v) is 9.56. The summed E-state index contributed by atoms with van der Waals surface area (Å²) in [5.74, 6) is 7.41. The number of piperidine rings is 1. The molecule has 24 heavy (non-hydrogen) atoms. The summed E-state index contributed by atoms with van der Waals surface area (Å²) >= 11 is 0. The fourth-order valence-electron chi connectivity index (χ4n) is 5.13. The van der Waals surface area contributed by atoms with E-state index in [4.69, 9.17) is 0 Å². The van der Waals surface area contributed by atoms with Crippen molar-refractivity contribution < 1.29 is 0 Å². The molecular formula is C23H49N. The maximum Gasteiger partial charge on any atom is -0.00153 e. The topological polar surface area (TPSA) is 12.0 Å². The molecule has 1 aliphatic carbocycles. The number of rotatable bonds is 4. The van der Waals surface area contributed by atoms with Gasteiger partial charge in [0.25, 0.3) is 0 Å². The van der Waals surface area contributed by atoms with Crippen molar-refractivity contribution >= 4 is 0 Å². The fourth-order valence-corrected chi connectivity index (χ4v) is 5.13. The third kappa shape index (κ3) is 7.06. The minimum Gasteiger partial charge on any atom is -0.316 e. The predicted molar refractivity (Wildman–Crippen MR) is 111 cm³/mol. The summed E-state index contributed by atoms with van der Waals surface area (Å²) in [6, 6.07) is 0. The molecule has 2 aliphatic rings. The molecule has 1 saturated heterocycles. The minimum absolute atomic E-state index is 0. The smallest absolute Gasteiger partial charge is 0.00153 e. The highest BCUT2D eigenvalue weighted by molar-refractivity contribution is 4.82. The van der Waals surface area contributed by atoms with E-state index in [0.29, 0.717) is 0 Å². The van der Waals surface area contributed by atoms with Crippen molar-refractivity contribution in [3.05, 3.63) is 0 Å². The molecule has 0 bridgehead atoms.